The average Bonchev–Trinajstić information content (AvgIpc) is 2.77. The lowest BCUT2D eigenvalue weighted by molar-refractivity contribution is 0.0697. The fourth-order valence-electron chi connectivity index (χ4n) is 1.45. The zero-order valence-corrected chi connectivity index (χ0v) is 10.1. The first-order valence-electron chi connectivity index (χ1n) is 5.50. The van der Waals surface area contributed by atoms with E-state index in [2.05, 4.69) is 10.3 Å². The number of benzene rings is 1. The van der Waals surface area contributed by atoms with E-state index in [0.29, 0.717) is 23.7 Å². The van der Waals surface area contributed by atoms with Crippen molar-refractivity contribution >= 4 is 23.1 Å². The second-order valence-electron chi connectivity index (χ2n) is 3.93. The van der Waals surface area contributed by atoms with E-state index in [1.54, 1.807) is 13.2 Å². The number of carboxylic acid groups (broad SMARTS) is 1. The molecule has 1 aromatic heterocycles. The molecule has 0 amide bonds. The van der Waals surface area contributed by atoms with Crippen LogP contribution in [0.5, 0.6) is 0 Å². The van der Waals surface area contributed by atoms with Gasteiger partial charge < -0.3 is 19.6 Å². The van der Waals surface area contributed by atoms with E-state index >= 15 is 0 Å². The average molecular weight is 250 g/mol. The minimum Gasteiger partial charge on any atom is -0.478 e. The highest BCUT2D eigenvalue weighted by atomic mass is 16.5. The summed E-state index contributed by atoms with van der Waals surface area (Å²) in [6, 6.07) is 4.92. The summed E-state index contributed by atoms with van der Waals surface area (Å²) in [6.45, 7) is 2.48. The molecule has 1 heterocycles. The highest BCUT2D eigenvalue weighted by Gasteiger charge is 2.10. The highest BCUT2D eigenvalue weighted by molar-refractivity contribution is 5.92. The minimum atomic E-state index is -0.990. The van der Waals surface area contributed by atoms with Gasteiger partial charge in [0.25, 0.3) is 6.01 Å². The lowest BCUT2D eigenvalue weighted by atomic mass is 10.2. The van der Waals surface area contributed by atoms with Gasteiger partial charge in [-0.25, -0.2) is 4.79 Å². The van der Waals surface area contributed by atoms with Crippen molar-refractivity contribution in [1.29, 1.82) is 0 Å². The summed E-state index contributed by atoms with van der Waals surface area (Å²) in [6.07, 6.45) is 0.0367. The molecule has 0 aliphatic rings. The number of anilines is 1. The van der Waals surface area contributed by atoms with Gasteiger partial charge in [0.2, 0.25) is 0 Å². The number of carboxylic acids is 1. The number of ether oxygens (including phenoxy) is 1. The Kier molecular flexibility index (Phi) is 3.47. The van der Waals surface area contributed by atoms with Crippen LogP contribution in [-0.4, -0.2) is 35.8 Å². The summed E-state index contributed by atoms with van der Waals surface area (Å²) in [4.78, 5) is 15.0. The molecule has 0 spiro atoms. The Balaban J connectivity index is 2.19. The minimum absolute atomic E-state index is 0.0367. The van der Waals surface area contributed by atoms with Crippen LogP contribution in [-0.2, 0) is 4.74 Å². The van der Waals surface area contributed by atoms with Crippen molar-refractivity contribution in [2.45, 2.75) is 13.0 Å². The lowest BCUT2D eigenvalue weighted by Gasteiger charge is -2.08. The van der Waals surface area contributed by atoms with Crippen molar-refractivity contribution in [3.05, 3.63) is 23.8 Å². The first-order chi connectivity index (χ1) is 8.60. The molecule has 2 N–H and O–H groups in total. The van der Waals surface area contributed by atoms with Gasteiger partial charge in [-0.3, -0.25) is 0 Å². The molecule has 2 aromatic rings. The number of nitrogens with one attached hydrogen (secondary N) is 1. The van der Waals surface area contributed by atoms with Crippen molar-refractivity contribution in [2.75, 3.05) is 19.0 Å². The largest absolute Gasteiger partial charge is 0.478 e. The van der Waals surface area contributed by atoms with Crippen LogP contribution in [0.25, 0.3) is 11.1 Å². The molecule has 0 saturated carbocycles. The van der Waals surface area contributed by atoms with Gasteiger partial charge in [0, 0.05) is 13.7 Å². The molecule has 1 unspecified atom stereocenters. The third-order valence-electron chi connectivity index (χ3n) is 2.58. The Labute approximate surface area is 104 Å². The van der Waals surface area contributed by atoms with Crippen LogP contribution in [0.2, 0.25) is 0 Å². The van der Waals surface area contributed by atoms with Gasteiger partial charge in [0.1, 0.15) is 5.52 Å². The zero-order chi connectivity index (χ0) is 13.1. The summed E-state index contributed by atoms with van der Waals surface area (Å²) in [7, 11) is 1.62. The van der Waals surface area contributed by atoms with E-state index in [0.717, 1.165) is 0 Å². The molecule has 0 saturated heterocycles. The molecular formula is C12H14N2O4. The second-order valence-corrected chi connectivity index (χ2v) is 3.93. The molecule has 1 atom stereocenters. The molecule has 0 fully saturated rings. The van der Waals surface area contributed by atoms with Crippen LogP contribution >= 0.6 is 0 Å². The first kappa shape index (κ1) is 12.4. The second kappa shape index (κ2) is 5.05. The van der Waals surface area contributed by atoms with Crippen molar-refractivity contribution in [1.82, 2.24) is 4.98 Å². The molecule has 0 aliphatic heterocycles. The van der Waals surface area contributed by atoms with Crippen LogP contribution in [0.1, 0.15) is 17.3 Å². The number of aromatic nitrogens is 1. The summed E-state index contributed by atoms with van der Waals surface area (Å²) in [5, 5.41) is 11.8. The SMILES string of the molecule is COC(C)CNc1nc2ccc(C(=O)O)cc2o1. The normalized spacial score (nSPS) is 12.6. The van der Waals surface area contributed by atoms with Crippen LogP contribution in [0, 0.1) is 0 Å². The monoisotopic (exact) mass is 250 g/mol. The Morgan fingerprint density at radius 3 is 3.06 bits per heavy atom. The number of hydrogen-bond acceptors (Lipinski definition) is 5. The number of nitrogens with zero attached hydrogens (tertiary/aromatic N) is 1. The number of methoxy groups -OCH3 is 1. The van der Waals surface area contributed by atoms with E-state index in [-0.39, 0.29) is 11.7 Å². The summed E-state index contributed by atoms with van der Waals surface area (Å²) in [5.74, 6) is -0.990. The van der Waals surface area contributed by atoms with E-state index in [9.17, 15) is 4.79 Å². The van der Waals surface area contributed by atoms with E-state index in [1.807, 2.05) is 6.92 Å². The van der Waals surface area contributed by atoms with E-state index in [4.69, 9.17) is 14.3 Å². The maximum atomic E-state index is 10.8. The van der Waals surface area contributed by atoms with E-state index < -0.39 is 5.97 Å². The Bertz CT molecular complexity index is 564. The highest BCUT2D eigenvalue weighted by Crippen LogP contribution is 2.20. The standard InChI is InChI=1S/C12H14N2O4/c1-7(17-2)6-13-12-14-9-4-3-8(11(15)16)5-10(9)18-12/h3-5,7H,6H2,1-2H3,(H,13,14)(H,15,16). The van der Waals surface area contributed by atoms with Crippen LogP contribution in [0.3, 0.4) is 0 Å². The molecule has 96 valence electrons. The quantitative estimate of drug-likeness (QED) is 0.844. The molecule has 0 aliphatic carbocycles. The predicted molar refractivity (Wildman–Crippen MR) is 65.9 cm³/mol. The number of carbonyl (C=O) groups is 1. The number of oxazole rings is 1. The number of hydrogen-bond donors (Lipinski definition) is 2. The molecule has 6 heteroatoms. The van der Waals surface area contributed by atoms with Gasteiger partial charge in [0.05, 0.1) is 11.7 Å². The van der Waals surface area contributed by atoms with Gasteiger partial charge in [-0.1, -0.05) is 0 Å². The molecule has 0 radical (unpaired) electrons. The zero-order valence-electron chi connectivity index (χ0n) is 10.1. The van der Waals surface area contributed by atoms with Gasteiger partial charge in [-0.15, -0.1) is 0 Å². The number of aromatic carboxylic acids is 1. The third-order valence-corrected chi connectivity index (χ3v) is 2.58. The molecule has 0 bridgehead atoms. The van der Waals surface area contributed by atoms with Gasteiger partial charge in [0.15, 0.2) is 5.58 Å². The number of rotatable bonds is 5. The summed E-state index contributed by atoms with van der Waals surface area (Å²) in [5.41, 5.74) is 1.24. The summed E-state index contributed by atoms with van der Waals surface area (Å²) >= 11 is 0. The van der Waals surface area contributed by atoms with Gasteiger partial charge >= 0.3 is 5.97 Å². The predicted octanol–water partition coefficient (Wildman–Crippen LogP) is 1.97. The van der Waals surface area contributed by atoms with Crippen molar-refractivity contribution in [3.63, 3.8) is 0 Å². The van der Waals surface area contributed by atoms with Crippen LogP contribution in [0.15, 0.2) is 22.6 Å². The van der Waals surface area contributed by atoms with Crippen molar-refractivity contribution in [3.8, 4) is 0 Å². The molecule has 6 nitrogen and oxygen atoms in total. The maximum absolute atomic E-state index is 10.8. The fourth-order valence-corrected chi connectivity index (χ4v) is 1.45. The Morgan fingerprint density at radius 2 is 2.39 bits per heavy atom. The van der Waals surface area contributed by atoms with Crippen LogP contribution in [0.4, 0.5) is 6.01 Å². The maximum Gasteiger partial charge on any atom is 0.335 e. The Morgan fingerprint density at radius 1 is 1.61 bits per heavy atom. The summed E-state index contributed by atoms with van der Waals surface area (Å²) < 4.78 is 10.5. The van der Waals surface area contributed by atoms with Gasteiger partial charge in [-0.2, -0.15) is 4.98 Å². The molecular weight excluding hydrogens is 236 g/mol. The Hall–Kier alpha value is -2.08. The lowest BCUT2D eigenvalue weighted by Crippen LogP contribution is -2.18. The van der Waals surface area contributed by atoms with Crippen LogP contribution < -0.4 is 5.32 Å². The third kappa shape index (κ3) is 2.60. The fraction of sp³-hybridized carbons (Fsp3) is 0.333. The van der Waals surface area contributed by atoms with Crippen molar-refractivity contribution in [2.24, 2.45) is 0 Å². The van der Waals surface area contributed by atoms with E-state index in [1.165, 1.54) is 12.1 Å². The molecule has 1 aromatic carbocycles. The molecule has 18 heavy (non-hydrogen) atoms. The first-order valence-corrected chi connectivity index (χ1v) is 5.50. The van der Waals surface area contributed by atoms with Crippen molar-refractivity contribution < 1.29 is 19.1 Å². The topological polar surface area (TPSA) is 84.6 Å². The van der Waals surface area contributed by atoms with Gasteiger partial charge in [-0.05, 0) is 25.1 Å². The number of fused-ring (bicyclic) bond motifs is 1. The smallest absolute Gasteiger partial charge is 0.335 e. The molecule has 2 rings (SSSR count).